The monoisotopic (exact) mass is 401 g/mol. The van der Waals surface area contributed by atoms with E-state index in [2.05, 4.69) is 21.2 Å². The minimum absolute atomic E-state index is 0.0665. The first-order chi connectivity index (χ1) is 12.0. The number of carbonyl (C=O) groups is 2. The summed E-state index contributed by atoms with van der Waals surface area (Å²) in [6.07, 6.45) is 3.27. The summed E-state index contributed by atoms with van der Waals surface area (Å²) in [5, 5.41) is 2.86. The second-order valence-electron chi connectivity index (χ2n) is 5.64. The van der Waals surface area contributed by atoms with Crippen LogP contribution in [0.25, 0.3) is 6.08 Å². The number of hydrogen-bond acceptors (Lipinski definition) is 3. The van der Waals surface area contributed by atoms with Gasteiger partial charge in [-0.3, -0.25) is 9.59 Å². The minimum Gasteiger partial charge on any atom is -0.469 e. The molecule has 1 amide bonds. The van der Waals surface area contributed by atoms with Crippen LogP contribution in [0.1, 0.15) is 29.2 Å². The van der Waals surface area contributed by atoms with E-state index in [0.29, 0.717) is 0 Å². The molecule has 0 aromatic heterocycles. The highest BCUT2D eigenvalue weighted by atomic mass is 79.9. The first kappa shape index (κ1) is 18.9. The van der Waals surface area contributed by atoms with Crippen molar-refractivity contribution in [3.8, 4) is 0 Å². The first-order valence-corrected chi connectivity index (χ1v) is 8.65. The van der Waals surface area contributed by atoms with E-state index in [1.165, 1.54) is 13.2 Å². The fraction of sp³-hybridized carbons (Fsp3) is 0.200. The van der Waals surface area contributed by atoms with Gasteiger partial charge in [-0.05, 0) is 36.3 Å². The highest BCUT2D eigenvalue weighted by Crippen LogP contribution is 2.21. The summed E-state index contributed by atoms with van der Waals surface area (Å²) >= 11 is 3.40. The van der Waals surface area contributed by atoms with Crippen molar-refractivity contribution in [2.24, 2.45) is 0 Å². The van der Waals surface area contributed by atoms with E-state index in [1.807, 2.05) is 55.5 Å². The zero-order chi connectivity index (χ0) is 18.2. The molecule has 130 valence electrons. The van der Waals surface area contributed by atoms with Gasteiger partial charge in [-0.2, -0.15) is 0 Å². The van der Waals surface area contributed by atoms with Crippen molar-refractivity contribution in [1.82, 2.24) is 5.32 Å². The normalized spacial score (nSPS) is 12.0. The number of aryl methyl sites for hydroxylation is 1. The van der Waals surface area contributed by atoms with E-state index in [-0.39, 0.29) is 18.3 Å². The molecular formula is C20H20BrNO3. The summed E-state index contributed by atoms with van der Waals surface area (Å²) in [5.41, 5.74) is 2.93. The molecule has 2 rings (SSSR count). The van der Waals surface area contributed by atoms with Crippen molar-refractivity contribution < 1.29 is 14.3 Å². The van der Waals surface area contributed by atoms with Crippen LogP contribution in [0.5, 0.6) is 0 Å². The van der Waals surface area contributed by atoms with Crippen LogP contribution in [0.15, 0.2) is 59.1 Å². The molecule has 0 heterocycles. The minimum atomic E-state index is -0.458. The van der Waals surface area contributed by atoms with Gasteiger partial charge in [-0.1, -0.05) is 57.9 Å². The van der Waals surface area contributed by atoms with Gasteiger partial charge in [-0.25, -0.2) is 0 Å². The van der Waals surface area contributed by atoms with Gasteiger partial charge < -0.3 is 10.1 Å². The molecule has 1 N–H and O–H groups in total. The van der Waals surface area contributed by atoms with Gasteiger partial charge in [0.1, 0.15) is 0 Å². The molecule has 1 unspecified atom stereocenters. The SMILES string of the molecule is COC(=O)CC(NC(=O)/C=C/c1ccc(C)cc1)c1cccc(Br)c1. The summed E-state index contributed by atoms with van der Waals surface area (Å²) in [4.78, 5) is 23.9. The zero-order valence-electron chi connectivity index (χ0n) is 14.2. The van der Waals surface area contributed by atoms with Crippen LogP contribution in [0.2, 0.25) is 0 Å². The molecule has 0 aliphatic heterocycles. The van der Waals surface area contributed by atoms with Crippen molar-refractivity contribution in [1.29, 1.82) is 0 Å². The first-order valence-electron chi connectivity index (χ1n) is 7.85. The topological polar surface area (TPSA) is 55.4 Å². The number of amides is 1. The number of esters is 1. The van der Waals surface area contributed by atoms with Crippen LogP contribution in [-0.2, 0) is 14.3 Å². The third-order valence-corrected chi connectivity index (χ3v) is 4.16. The Balaban J connectivity index is 2.10. The predicted octanol–water partition coefficient (Wildman–Crippen LogP) is 4.19. The van der Waals surface area contributed by atoms with Gasteiger partial charge in [0.15, 0.2) is 0 Å². The van der Waals surface area contributed by atoms with Gasteiger partial charge in [0.2, 0.25) is 5.91 Å². The van der Waals surface area contributed by atoms with Crippen molar-refractivity contribution >= 4 is 33.9 Å². The van der Waals surface area contributed by atoms with Crippen molar-refractivity contribution in [3.63, 3.8) is 0 Å². The molecule has 5 heteroatoms. The van der Waals surface area contributed by atoms with Gasteiger partial charge in [0.05, 0.1) is 19.6 Å². The summed E-state index contributed by atoms with van der Waals surface area (Å²) in [6.45, 7) is 2.01. The molecule has 0 saturated carbocycles. The summed E-state index contributed by atoms with van der Waals surface area (Å²) < 4.78 is 5.61. The van der Waals surface area contributed by atoms with E-state index >= 15 is 0 Å². The fourth-order valence-corrected chi connectivity index (χ4v) is 2.71. The molecular weight excluding hydrogens is 382 g/mol. The number of ether oxygens (including phenoxy) is 1. The van der Waals surface area contributed by atoms with Crippen molar-refractivity contribution in [2.45, 2.75) is 19.4 Å². The standard InChI is InChI=1S/C20H20BrNO3/c1-14-6-8-15(9-7-14)10-11-19(23)22-18(13-20(24)25-2)16-4-3-5-17(21)12-16/h3-12,18H,13H2,1-2H3,(H,22,23)/b11-10+. The maximum atomic E-state index is 12.3. The Bertz CT molecular complexity index is 769. The molecule has 1 atom stereocenters. The quantitative estimate of drug-likeness (QED) is 0.582. The number of nitrogens with one attached hydrogen (secondary N) is 1. The highest BCUT2D eigenvalue weighted by molar-refractivity contribution is 9.10. The van der Waals surface area contributed by atoms with Crippen LogP contribution in [0.4, 0.5) is 0 Å². The lowest BCUT2D eigenvalue weighted by atomic mass is 10.0. The molecule has 0 saturated heterocycles. The molecule has 0 bridgehead atoms. The summed E-state index contributed by atoms with van der Waals surface area (Å²) in [7, 11) is 1.33. The maximum Gasteiger partial charge on any atom is 0.307 e. The Kier molecular flexibility index (Phi) is 6.95. The van der Waals surface area contributed by atoms with Crippen molar-refractivity contribution in [2.75, 3.05) is 7.11 Å². The van der Waals surface area contributed by atoms with E-state index in [1.54, 1.807) is 6.08 Å². The average Bonchev–Trinajstić information content (AvgIpc) is 2.60. The third-order valence-electron chi connectivity index (χ3n) is 3.67. The number of carbonyl (C=O) groups excluding carboxylic acids is 2. The Labute approximate surface area is 156 Å². The zero-order valence-corrected chi connectivity index (χ0v) is 15.7. The van der Waals surface area contributed by atoms with E-state index in [9.17, 15) is 9.59 Å². The van der Waals surface area contributed by atoms with Crippen LogP contribution in [-0.4, -0.2) is 19.0 Å². The van der Waals surface area contributed by atoms with Gasteiger partial charge in [0, 0.05) is 10.5 Å². The van der Waals surface area contributed by atoms with Crippen LogP contribution in [0.3, 0.4) is 0 Å². The van der Waals surface area contributed by atoms with Gasteiger partial charge in [-0.15, -0.1) is 0 Å². The maximum absolute atomic E-state index is 12.3. The molecule has 0 aliphatic rings. The van der Waals surface area contributed by atoms with Crippen LogP contribution in [0, 0.1) is 6.92 Å². The Hall–Kier alpha value is -2.40. The fourth-order valence-electron chi connectivity index (χ4n) is 2.29. The number of rotatable bonds is 6. The number of methoxy groups -OCH3 is 1. The molecule has 2 aromatic rings. The van der Waals surface area contributed by atoms with Crippen LogP contribution < -0.4 is 5.32 Å². The molecule has 4 nitrogen and oxygen atoms in total. The second-order valence-corrected chi connectivity index (χ2v) is 6.56. The summed E-state index contributed by atoms with van der Waals surface area (Å²) in [5.74, 6) is -0.651. The lowest BCUT2D eigenvalue weighted by Crippen LogP contribution is -2.29. The number of hydrogen-bond donors (Lipinski definition) is 1. The lowest BCUT2D eigenvalue weighted by molar-refractivity contribution is -0.141. The molecule has 2 aromatic carbocycles. The number of benzene rings is 2. The third kappa shape index (κ3) is 6.19. The largest absolute Gasteiger partial charge is 0.469 e. The summed E-state index contributed by atoms with van der Waals surface area (Å²) in [6, 6.07) is 14.9. The second kappa shape index (κ2) is 9.18. The van der Waals surface area contributed by atoms with E-state index < -0.39 is 6.04 Å². The molecule has 0 spiro atoms. The van der Waals surface area contributed by atoms with Gasteiger partial charge >= 0.3 is 5.97 Å². The van der Waals surface area contributed by atoms with Crippen LogP contribution >= 0.6 is 15.9 Å². The molecule has 0 fully saturated rings. The molecule has 25 heavy (non-hydrogen) atoms. The highest BCUT2D eigenvalue weighted by Gasteiger charge is 2.18. The average molecular weight is 402 g/mol. The molecule has 0 aliphatic carbocycles. The Morgan fingerprint density at radius 1 is 1.20 bits per heavy atom. The predicted molar refractivity (Wildman–Crippen MR) is 102 cm³/mol. The van der Waals surface area contributed by atoms with E-state index in [4.69, 9.17) is 4.74 Å². The Morgan fingerprint density at radius 2 is 1.92 bits per heavy atom. The lowest BCUT2D eigenvalue weighted by Gasteiger charge is -2.17. The van der Waals surface area contributed by atoms with Crippen molar-refractivity contribution in [3.05, 3.63) is 75.8 Å². The smallest absolute Gasteiger partial charge is 0.307 e. The van der Waals surface area contributed by atoms with Gasteiger partial charge in [0.25, 0.3) is 0 Å². The molecule has 0 radical (unpaired) electrons. The number of halogens is 1. The Morgan fingerprint density at radius 3 is 2.56 bits per heavy atom. The van der Waals surface area contributed by atoms with E-state index in [0.717, 1.165) is 21.2 Å².